The molecule has 0 amide bonds. The van der Waals surface area contributed by atoms with Crippen molar-refractivity contribution in [1.82, 2.24) is 0 Å². The molecule has 0 radical (unpaired) electrons. The van der Waals surface area contributed by atoms with E-state index in [1.807, 2.05) is 17.5 Å². The molecule has 6 heteroatoms. The maximum Gasteiger partial charge on any atom is 0.351 e. The molecule has 0 saturated heterocycles. The lowest BCUT2D eigenvalue weighted by Crippen LogP contribution is -1.98. The lowest BCUT2D eigenvalue weighted by atomic mass is 10.5. The van der Waals surface area contributed by atoms with Gasteiger partial charge in [-0.1, -0.05) is 6.07 Å². The number of hydrogen-bond donors (Lipinski definition) is 0. The van der Waals surface area contributed by atoms with Crippen molar-refractivity contribution in [3.8, 4) is 0 Å². The maximum atomic E-state index is 12.0. The molecule has 0 N–H and O–H groups in total. The number of nitrogens with zero attached hydrogens (tertiary/aromatic N) is 1. The van der Waals surface area contributed by atoms with Crippen LogP contribution in [0.1, 0.15) is 18.7 Å². The summed E-state index contributed by atoms with van der Waals surface area (Å²) < 4.78 is 22.2. The first kappa shape index (κ1) is 13.6. The van der Waals surface area contributed by atoms with Crippen LogP contribution in [-0.2, 0) is 13.6 Å². The van der Waals surface area contributed by atoms with E-state index in [1.165, 1.54) is 0 Å². The van der Waals surface area contributed by atoms with Gasteiger partial charge in [0.25, 0.3) is 0 Å². The topological polar surface area (TPSA) is 47.9 Å². The van der Waals surface area contributed by atoms with Crippen LogP contribution < -0.4 is 0 Å². The van der Waals surface area contributed by atoms with E-state index in [-0.39, 0.29) is 6.29 Å². The normalized spacial score (nSPS) is 12.4. The van der Waals surface area contributed by atoms with E-state index in [0.717, 1.165) is 4.88 Å². The van der Waals surface area contributed by atoms with Crippen LogP contribution in [0.4, 0.5) is 0 Å². The Labute approximate surface area is 99.8 Å². The molecule has 4 nitrogen and oxygen atoms in total. The van der Waals surface area contributed by atoms with Crippen LogP contribution in [0.5, 0.6) is 0 Å². The second-order valence-corrected chi connectivity index (χ2v) is 5.92. The number of hydrogen-bond acceptors (Lipinski definition) is 5. The van der Waals surface area contributed by atoms with Gasteiger partial charge in [-0.25, -0.2) is 0 Å². The predicted molar refractivity (Wildman–Crippen MR) is 67.6 cm³/mol. The summed E-state index contributed by atoms with van der Waals surface area (Å²) in [7, 11) is -3.03. The summed E-state index contributed by atoms with van der Waals surface area (Å²) >= 11 is 1.58. The third-order valence-electron chi connectivity index (χ3n) is 1.67. The smallest absolute Gasteiger partial charge is 0.308 e. The molecule has 0 bridgehead atoms. The molecule has 1 aromatic heterocycles. The molecule has 0 aliphatic heterocycles. The van der Waals surface area contributed by atoms with Crippen LogP contribution in [0.3, 0.4) is 0 Å². The molecule has 1 rings (SSSR count). The average Bonchev–Trinajstić information content (AvgIpc) is 2.71. The Hall–Kier alpha value is -0.480. The second kappa shape index (κ2) is 6.97. The Kier molecular flexibility index (Phi) is 5.91. The largest absolute Gasteiger partial charge is 0.351 e. The molecule has 0 unspecified atom stereocenters. The van der Waals surface area contributed by atoms with Crippen LogP contribution in [0.25, 0.3) is 0 Å². The van der Waals surface area contributed by atoms with E-state index in [4.69, 9.17) is 9.05 Å². The Balaban J connectivity index is 2.53. The minimum Gasteiger partial charge on any atom is -0.308 e. The van der Waals surface area contributed by atoms with Gasteiger partial charge in [0.15, 0.2) is 0 Å². The second-order valence-electron chi connectivity index (χ2n) is 2.91. The van der Waals surface area contributed by atoms with Gasteiger partial charge in [-0.2, -0.15) is 0 Å². The Morgan fingerprint density at radius 1 is 1.44 bits per heavy atom. The fourth-order valence-corrected chi connectivity index (χ4v) is 3.02. The zero-order chi connectivity index (χ0) is 11.9. The quantitative estimate of drug-likeness (QED) is 0.558. The fourth-order valence-electron chi connectivity index (χ4n) is 1.11. The number of rotatable bonds is 7. The first-order chi connectivity index (χ1) is 7.70. The molecule has 0 aliphatic carbocycles. The van der Waals surface area contributed by atoms with Crippen molar-refractivity contribution >= 4 is 25.1 Å². The van der Waals surface area contributed by atoms with Gasteiger partial charge in [0.2, 0.25) is 0 Å². The Bertz CT molecular complexity index is 354. The van der Waals surface area contributed by atoms with Crippen LogP contribution in [0.2, 0.25) is 0 Å². The molecule has 0 fully saturated rings. The Morgan fingerprint density at radius 2 is 2.12 bits per heavy atom. The molecule has 1 heterocycles. The molecule has 16 heavy (non-hydrogen) atoms. The van der Waals surface area contributed by atoms with Gasteiger partial charge in [0.05, 0.1) is 13.2 Å². The van der Waals surface area contributed by atoms with Crippen LogP contribution >= 0.6 is 18.9 Å². The van der Waals surface area contributed by atoms with Gasteiger partial charge in [0, 0.05) is 11.1 Å². The summed E-state index contributed by atoms with van der Waals surface area (Å²) in [6, 6.07) is 3.89. The molecule has 0 aliphatic rings. The molecular formula is C10H16NO3PS. The SMILES string of the molecule is CCOP(=O)(CN=Cc1cccs1)OCC. The summed E-state index contributed by atoms with van der Waals surface area (Å²) in [6.07, 6.45) is 1.77. The van der Waals surface area contributed by atoms with Gasteiger partial charge >= 0.3 is 7.60 Å². The van der Waals surface area contributed by atoms with E-state index in [1.54, 1.807) is 31.4 Å². The molecule has 0 spiro atoms. The minimum atomic E-state index is -3.03. The number of thiophene rings is 1. The maximum absolute atomic E-state index is 12.0. The first-order valence-corrected chi connectivity index (χ1v) is 7.72. The summed E-state index contributed by atoms with van der Waals surface area (Å²) in [4.78, 5) is 5.12. The summed E-state index contributed by atoms with van der Waals surface area (Å²) in [5, 5.41) is 1.96. The van der Waals surface area contributed by atoms with Crippen molar-refractivity contribution in [1.29, 1.82) is 0 Å². The minimum absolute atomic E-state index is 0.0760. The molecular weight excluding hydrogens is 245 g/mol. The van der Waals surface area contributed by atoms with E-state index in [2.05, 4.69) is 4.99 Å². The summed E-state index contributed by atoms with van der Waals surface area (Å²) in [5.74, 6) is 0. The monoisotopic (exact) mass is 261 g/mol. The molecule has 1 aromatic rings. The van der Waals surface area contributed by atoms with Gasteiger partial charge in [-0.15, -0.1) is 11.3 Å². The van der Waals surface area contributed by atoms with Crippen LogP contribution in [0, 0.1) is 0 Å². The fraction of sp³-hybridized carbons (Fsp3) is 0.500. The highest BCUT2D eigenvalue weighted by molar-refractivity contribution is 7.53. The van der Waals surface area contributed by atoms with E-state index in [0.29, 0.717) is 13.2 Å². The van der Waals surface area contributed by atoms with Crippen molar-refractivity contribution in [3.05, 3.63) is 22.4 Å². The van der Waals surface area contributed by atoms with Gasteiger partial charge in [0.1, 0.15) is 6.29 Å². The third-order valence-corrected chi connectivity index (χ3v) is 4.29. The molecule has 0 saturated carbocycles. The highest BCUT2D eigenvalue weighted by atomic mass is 32.1. The zero-order valence-electron chi connectivity index (χ0n) is 9.46. The lowest BCUT2D eigenvalue weighted by Gasteiger charge is -2.14. The van der Waals surface area contributed by atoms with Crippen molar-refractivity contribution in [2.45, 2.75) is 13.8 Å². The van der Waals surface area contributed by atoms with Crippen LogP contribution in [-0.4, -0.2) is 25.7 Å². The standard InChI is InChI=1S/C10H16NO3PS/c1-3-13-15(12,14-4-2)9-11-8-10-6-5-7-16-10/h5-8H,3-4,9H2,1-2H3. The summed E-state index contributed by atoms with van der Waals surface area (Å²) in [5.41, 5.74) is 0. The van der Waals surface area contributed by atoms with Gasteiger partial charge in [-0.05, 0) is 25.3 Å². The Morgan fingerprint density at radius 3 is 2.62 bits per heavy atom. The highest BCUT2D eigenvalue weighted by Gasteiger charge is 2.22. The van der Waals surface area contributed by atoms with Crippen molar-refractivity contribution in [2.75, 3.05) is 19.5 Å². The van der Waals surface area contributed by atoms with Crippen molar-refractivity contribution in [2.24, 2.45) is 4.99 Å². The molecule has 0 atom stereocenters. The first-order valence-electron chi connectivity index (χ1n) is 5.11. The van der Waals surface area contributed by atoms with Crippen molar-refractivity contribution in [3.63, 3.8) is 0 Å². The van der Waals surface area contributed by atoms with E-state index < -0.39 is 7.60 Å². The number of aliphatic imine (C=N–C) groups is 1. The molecule has 0 aromatic carbocycles. The zero-order valence-corrected chi connectivity index (χ0v) is 11.2. The highest BCUT2D eigenvalue weighted by Crippen LogP contribution is 2.47. The predicted octanol–water partition coefficient (Wildman–Crippen LogP) is 3.39. The van der Waals surface area contributed by atoms with Gasteiger partial charge in [-0.3, -0.25) is 9.56 Å². The lowest BCUT2D eigenvalue weighted by molar-refractivity contribution is 0.221. The van der Waals surface area contributed by atoms with E-state index in [9.17, 15) is 4.57 Å². The van der Waals surface area contributed by atoms with E-state index >= 15 is 0 Å². The average molecular weight is 261 g/mol. The van der Waals surface area contributed by atoms with Crippen LogP contribution in [0.15, 0.2) is 22.5 Å². The third kappa shape index (κ3) is 4.58. The summed E-state index contributed by atoms with van der Waals surface area (Å²) in [6.45, 7) is 4.31. The van der Waals surface area contributed by atoms with Gasteiger partial charge < -0.3 is 9.05 Å². The van der Waals surface area contributed by atoms with Crippen molar-refractivity contribution < 1.29 is 13.6 Å². The molecule has 90 valence electrons.